The van der Waals surface area contributed by atoms with Gasteiger partial charge in [0, 0.05) is 24.4 Å². The second-order valence-electron chi connectivity index (χ2n) is 12.6. The van der Waals surface area contributed by atoms with Crippen LogP contribution in [0, 0.1) is 5.92 Å². The van der Waals surface area contributed by atoms with Gasteiger partial charge in [0.15, 0.2) is 4.60 Å². The molecule has 3 fully saturated rings. The van der Waals surface area contributed by atoms with Gasteiger partial charge >= 0.3 is 12.1 Å². The molecule has 2 saturated carbocycles. The molecule has 3 N–H and O–H groups in total. The number of amides is 3. The monoisotopic (exact) mass is 682 g/mol. The highest BCUT2D eigenvalue weighted by atomic mass is 79.9. The SMILES string of the molecule is O=C(N[C@H]1CCCCC/C=C\[C@@H]2C[C@@]2(C(=O)O)NC(=O)[C@@H]2C[C@@H](n3nc(Br)c(-c4ccccc4)n3)CN2C1=O)OC1CCCC1. The second-order valence-corrected chi connectivity index (χ2v) is 13.3. The van der Waals surface area contributed by atoms with Crippen LogP contribution in [0.5, 0.6) is 0 Å². The first-order valence-electron chi connectivity index (χ1n) is 15.9. The molecule has 0 radical (unpaired) electrons. The third-order valence-corrected chi connectivity index (χ3v) is 10.0. The zero-order valence-electron chi connectivity index (χ0n) is 25.1. The molecule has 3 amide bonds. The number of benzene rings is 1. The van der Waals surface area contributed by atoms with E-state index in [0.29, 0.717) is 29.6 Å². The number of hydrogen-bond donors (Lipinski definition) is 3. The Morgan fingerprint density at radius 3 is 2.56 bits per heavy atom. The maximum absolute atomic E-state index is 14.2. The van der Waals surface area contributed by atoms with Crippen LogP contribution in [0.25, 0.3) is 11.3 Å². The summed E-state index contributed by atoms with van der Waals surface area (Å²) >= 11 is 3.51. The number of fused-ring (bicyclic) bond motifs is 2. The van der Waals surface area contributed by atoms with Crippen molar-refractivity contribution in [3.8, 4) is 11.3 Å². The Morgan fingerprint density at radius 1 is 1.04 bits per heavy atom. The largest absolute Gasteiger partial charge is 0.479 e. The number of carboxylic acid groups (broad SMARTS) is 1. The lowest BCUT2D eigenvalue weighted by molar-refractivity contribution is -0.145. The lowest BCUT2D eigenvalue weighted by Gasteiger charge is -2.29. The minimum atomic E-state index is -1.41. The van der Waals surface area contributed by atoms with Crippen LogP contribution in [0.15, 0.2) is 47.1 Å². The highest BCUT2D eigenvalue weighted by Gasteiger charge is 2.61. The van der Waals surface area contributed by atoms with Crippen molar-refractivity contribution >= 4 is 39.8 Å². The van der Waals surface area contributed by atoms with Crippen molar-refractivity contribution in [2.24, 2.45) is 5.92 Å². The lowest BCUT2D eigenvalue weighted by Crippen LogP contribution is -2.56. The number of carbonyl (C=O) groups is 4. The predicted octanol–water partition coefficient (Wildman–Crippen LogP) is 4.37. The molecule has 4 aliphatic rings. The van der Waals surface area contributed by atoms with E-state index >= 15 is 0 Å². The van der Waals surface area contributed by atoms with Crippen LogP contribution in [-0.4, -0.2) is 79.1 Å². The van der Waals surface area contributed by atoms with Gasteiger partial charge in [-0.2, -0.15) is 9.90 Å². The standard InChI is InChI=1S/C32H39BrN6O6/c33-27-26(20-11-5-4-6-12-20)36-39(37-27)22-17-25-28(40)35-32(30(42)43)18-21(32)13-7-2-1-3-8-16-24(29(41)38(25)19-22)34-31(44)45-23-14-9-10-15-23/h4-7,11-13,21-25H,1-3,8-10,14-19H2,(H,34,44)(H,35,40)(H,42,43)/b13-7-/t21-,22-,24+,25+,32-/m1/s1. The van der Waals surface area contributed by atoms with Crippen LogP contribution in [0.3, 0.4) is 0 Å². The van der Waals surface area contributed by atoms with Gasteiger partial charge in [-0.3, -0.25) is 9.59 Å². The van der Waals surface area contributed by atoms with Crippen LogP contribution in [0.4, 0.5) is 4.79 Å². The molecule has 1 aromatic carbocycles. The summed E-state index contributed by atoms with van der Waals surface area (Å²) < 4.78 is 6.15. The van der Waals surface area contributed by atoms with E-state index in [9.17, 15) is 24.3 Å². The topological polar surface area (TPSA) is 156 Å². The number of rotatable bonds is 5. The highest BCUT2D eigenvalue weighted by molar-refractivity contribution is 9.10. The van der Waals surface area contributed by atoms with E-state index in [4.69, 9.17) is 9.84 Å². The molecule has 13 heteroatoms. The maximum atomic E-state index is 14.2. The van der Waals surface area contributed by atoms with Crippen LogP contribution in [0.2, 0.25) is 0 Å². The van der Waals surface area contributed by atoms with Gasteiger partial charge in [0.1, 0.15) is 29.4 Å². The summed E-state index contributed by atoms with van der Waals surface area (Å²) in [6, 6.07) is 7.22. The molecule has 1 aromatic heterocycles. The second kappa shape index (κ2) is 13.3. The van der Waals surface area contributed by atoms with Gasteiger partial charge < -0.3 is 25.4 Å². The minimum Gasteiger partial charge on any atom is -0.479 e. The van der Waals surface area contributed by atoms with E-state index in [1.165, 1.54) is 9.70 Å². The zero-order valence-corrected chi connectivity index (χ0v) is 26.7. The van der Waals surface area contributed by atoms with Gasteiger partial charge in [-0.25, -0.2) is 9.59 Å². The third kappa shape index (κ3) is 6.78. The molecule has 12 nitrogen and oxygen atoms in total. The molecule has 0 bridgehead atoms. The Bertz CT molecular complexity index is 1460. The molecule has 5 atom stereocenters. The number of nitrogens with one attached hydrogen (secondary N) is 2. The molecule has 2 aliphatic carbocycles. The van der Waals surface area contributed by atoms with Gasteiger partial charge in [0.05, 0.1) is 6.04 Å². The number of ether oxygens (including phenoxy) is 1. The number of allylic oxidation sites excluding steroid dienone is 1. The molecule has 0 spiro atoms. The Kier molecular flexibility index (Phi) is 9.25. The van der Waals surface area contributed by atoms with E-state index in [1.54, 1.807) is 0 Å². The predicted molar refractivity (Wildman–Crippen MR) is 167 cm³/mol. The normalized spacial score (nSPS) is 29.9. The van der Waals surface area contributed by atoms with E-state index in [-0.39, 0.29) is 25.0 Å². The summed E-state index contributed by atoms with van der Waals surface area (Å²) in [6.07, 6.45) is 10.7. The average Bonchev–Trinajstić information content (AvgIpc) is 3.43. The van der Waals surface area contributed by atoms with Gasteiger partial charge in [-0.05, 0) is 67.3 Å². The highest BCUT2D eigenvalue weighted by Crippen LogP contribution is 2.45. The Hall–Kier alpha value is -3.74. The number of alkyl carbamates (subject to hydrolysis) is 1. The van der Waals surface area contributed by atoms with Crippen LogP contribution >= 0.6 is 15.9 Å². The van der Waals surface area contributed by atoms with E-state index < -0.39 is 47.5 Å². The number of aliphatic carboxylic acids is 1. The average molecular weight is 684 g/mol. The summed E-state index contributed by atoms with van der Waals surface area (Å²) in [4.78, 5) is 56.4. The summed E-state index contributed by atoms with van der Waals surface area (Å²) in [7, 11) is 0. The fourth-order valence-corrected chi connectivity index (χ4v) is 7.29. The summed E-state index contributed by atoms with van der Waals surface area (Å²) in [5.41, 5.74) is 0.0811. The van der Waals surface area contributed by atoms with Gasteiger partial charge in [-0.1, -0.05) is 55.3 Å². The van der Waals surface area contributed by atoms with Gasteiger partial charge in [-0.15, -0.1) is 5.10 Å². The molecular formula is C32H39BrN6O6. The van der Waals surface area contributed by atoms with Crippen LogP contribution in [-0.2, 0) is 19.1 Å². The molecule has 2 aliphatic heterocycles. The maximum Gasteiger partial charge on any atom is 0.408 e. The van der Waals surface area contributed by atoms with Gasteiger partial charge in [0.2, 0.25) is 11.8 Å². The van der Waals surface area contributed by atoms with Crippen molar-refractivity contribution in [3.05, 3.63) is 47.1 Å². The number of halogens is 1. The lowest BCUT2D eigenvalue weighted by atomic mass is 10.0. The molecule has 3 heterocycles. The van der Waals surface area contributed by atoms with Crippen LogP contribution < -0.4 is 10.6 Å². The first-order valence-corrected chi connectivity index (χ1v) is 16.7. The number of aromatic nitrogens is 3. The summed E-state index contributed by atoms with van der Waals surface area (Å²) in [5, 5.41) is 25.0. The molecule has 0 unspecified atom stereocenters. The fraction of sp³-hybridized carbons (Fsp3) is 0.562. The van der Waals surface area contributed by atoms with Crippen molar-refractivity contribution < 1.29 is 29.0 Å². The Labute approximate surface area is 270 Å². The third-order valence-electron chi connectivity index (χ3n) is 9.47. The van der Waals surface area contributed by atoms with Gasteiger partial charge in [0.25, 0.3) is 0 Å². The van der Waals surface area contributed by atoms with Crippen molar-refractivity contribution in [2.45, 2.75) is 100 Å². The molecule has 1 saturated heterocycles. The summed E-state index contributed by atoms with van der Waals surface area (Å²) in [5.74, 6) is -2.36. The van der Waals surface area contributed by atoms with Crippen LogP contribution in [0.1, 0.15) is 76.7 Å². The molecule has 45 heavy (non-hydrogen) atoms. The first-order chi connectivity index (χ1) is 21.7. The molecule has 6 rings (SSSR count). The number of carboxylic acids is 1. The molecule has 240 valence electrons. The van der Waals surface area contributed by atoms with E-state index in [0.717, 1.165) is 50.5 Å². The zero-order chi connectivity index (χ0) is 31.6. The van der Waals surface area contributed by atoms with Crippen molar-refractivity contribution in [1.29, 1.82) is 0 Å². The Balaban J connectivity index is 1.28. The first kappa shape index (κ1) is 31.3. The van der Waals surface area contributed by atoms with E-state index in [2.05, 4.69) is 31.7 Å². The van der Waals surface area contributed by atoms with Crippen molar-refractivity contribution in [3.63, 3.8) is 0 Å². The number of carbonyl (C=O) groups excluding carboxylic acids is 3. The smallest absolute Gasteiger partial charge is 0.408 e. The van der Waals surface area contributed by atoms with Crippen molar-refractivity contribution in [2.75, 3.05) is 6.54 Å². The van der Waals surface area contributed by atoms with E-state index in [1.807, 2.05) is 42.5 Å². The Morgan fingerprint density at radius 2 is 1.80 bits per heavy atom. The minimum absolute atomic E-state index is 0.117. The number of hydrogen-bond acceptors (Lipinski definition) is 7. The quantitative estimate of drug-likeness (QED) is 0.393. The van der Waals surface area contributed by atoms with Crippen molar-refractivity contribution in [1.82, 2.24) is 30.5 Å². The summed E-state index contributed by atoms with van der Waals surface area (Å²) in [6.45, 7) is 0.117. The fourth-order valence-electron chi connectivity index (χ4n) is 6.82. The number of nitrogens with zero attached hydrogens (tertiary/aromatic N) is 4. The molecule has 2 aromatic rings. The molecular weight excluding hydrogens is 644 g/mol.